The van der Waals surface area contributed by atoms with Crippen molar-refractivity contribution in [3.05, 3.63) is 0 Å². The Morgan fingerprint density at radius 1 is 0.867 bits per heavy atom. The molecule has 2 bridgehead atoms. The fourth-order valence-corrected chi connectivity index (χ4v) is 5.06. The van der Waals surface area contributed by atoms with Crippen LogP contribution in [0.5, 0.6) is 0 Å². The van der Waals surface area contributed by atoms with E-state index in [4.69, 9.17) is 0 Å². The average Bonchev–Trinajstić information content (AvgIpc) is 2.87. The molecule has 0 nitrogen and oxygen atoms in total. The van der Waals surface area contributed by atoms with Gasteiger partial charge in [-0.25, -0.2) is 0 Å². The molecule has 0 aromatic carbocycles. The molecular weight excluding hydrogens is 180 g/mol. The van der Waals surface area contributed by atoms with Gasteiger partial charge in [-0.1, -0.05) is 27.7 Å². The second-order valence-corrected chi connectivity index (χ2v) is 7.17. The summed E-state index contributed by atoms with van der Waals surface area (Å²) < 4.78 is 0. The zero-order valence-electron chi connectivity index (χ0n) is 10.8. The smallest absolute Gasteiger partial charge is 0.0235 e. The number of fused-ring (bicyclic) bond motifs is 1. The first-order valence-corrected chi connectivity index (χ1v) is 7.04. The quantitative estimate of drug-likeness (QED) is 0.553. The lowest BCUT2D eigenvalue weighted by atomic mass is 9.64. The molecule has 0 aromatic heterocycles. The van der Waals surface area contributed by atoms with Gasteiger partial charge < -0.3 is 0 Å². The molecule has 86 valence electrons. The molecule has 0 aromatic rings. The van der Waals surface area contributed by atoms with Crippen molar-refractivity contribution in [2.45, 2.75) is 53.4 Å². The molecule has 0 heterocycles. The van der Waals surface area contributed by atoms with E-state index in [2.05, 4.69) is 27.7 Å². The molecule has 7 atom stereocenters. The fraction of sp³-hybridized carbons (Fsp3) is 1.00. The molecule has 0 N–H and O–H groups in total. The minimum absolute atomic E-state index is 0.821. The van der Waals surface area contributed by atoms with Gasteiger partial charge in [0.2, 0.25) is 0 Å². The zero-order valence-corrected chi connectivity index (χ0v) is 10.8. The van der Waals surface area contributed by atoms with Crippen molar-refractivity contribution in [2.24, 2.45) is 40.9 Å². The Morgan fingerprint density at radius 2 is 1.60 bits per heavy atom. The third-order valence-electron chi connectivity index (χ3n) is 6.65. The maximum atomic E-state index is 2.54. The summed E-state index contributed by atoms with van der Waals surface area (Å²) in [6.45, 7) is 10.1. The molecule has 3 aliphatic rings. The van der Waals surface area contributed by atoms with Gasteiger partial charge in [-0.05, 0) is 66.6 Å². The molecule has 3 saturated carbocycles. The Balaban J connectivity index is 1.92. The molecule has 0 heteroatoms. The summed E-state index contributed by atoms with van der Waals surface area (Å²) >= 11 is 0. The van der Waals surface area contributed by atoms with Crippen LogP contribution in [0.25, 0.3) is 0 Å². The van der Waals surface area contributed by atoms with Crippen molar-refractivity contribution in [3.8, 4) is 0 Å². The number of hydrogen-bond donors (Lipinski definition) is 0. The van der Waals surface area contributed by atoms with E-state index in [9.17, 15) is 0 Å². The van der Waals surface area contributed by atoms with Gasteiger partial charge in [0.1, 0.15) is 0 Å². The Hall–Kier alpha value is 0. The van der Waals surface area contributed by atoms with Gasteiger partial charge in [0.25, 0.3) is 0 Å². The number of hydrogen-bond acceptors (Lipinski definition) is 0. The van der Waals surface area contributed by atoms with E-state index in [1.54, 1.807) is 12.8 Å². The van der Waals surface area contributed by atoms with E-state index in [1.165, 1.54) is 12.8 Å². The lowest BCUT2D eigenvalue weighted by molar-refractivity contribution is 0.0782. The summed E-state index contributed by atoms with van der Waals surface area (Å²) in [5.41, 5.74) is 0.821. The predicted octanol–water partition coefficient (Wildman–Crippen LogP) is 4.35. The average molecular weight is 206 g/mol. The Morgan fingerprint density at radius 3 is 2.33 bits per heavy atom. The molecule has 15 heavy (non-hydrogen) atoms. The molecule has 0 radical (unpaired) electrons. The molecule has 0 aliphatic heterocycles. The van der Waals surface area contributed by atoms with Crippen molar-refractivity contribution in [1.82, 2.24) is 0 Å². The zero-order chi connectivity index (χ0) is 10.8. The van der Waals surface area contributed by atoms with Crippen LogP contribution in [0.2, 0.25) is 0 Å². The predicted molar refractivity (Wildman–Crippen MR) is 64.5 cm³/mol. The van der Waals surface area contributed by atoms with Gasteiger partial charge in [0.05, 0.1) is 0 Å². The minimum atomic E-state index is 0.821. The Labute approximate surface area is 94.8 Å². The highest BCUT2D eigenvalue weighted by atomic mass is 14.7. The van der Waals surface area contributed by atoms with Gasteiger partial charge in [-0.3, -0.25) is 0 Å². The summed E-state index contributed by atoms with van der Waals surface area (Å²) in [5, 5.41) is 0. The highest BCUT2D eigenvalue weighted by molar-refractivity contribution is 5.11. The maximum absolute atomic E-state index is 2.54. The maximum Gasteiger partial charge on any atom is -0.0235 e. The monoisotopic (exact) mass is 206 g/mol. The Kier molecular flexibility index (Phi) is 2.05. The first-order chi connectivity index (χ1) is 7.04. The second-order valence-electron chi connectivity index (χ2n) is 7.17. The van der Waals surface area contributed by atoms with Crippen LogP contribution in [0.15, 0.2) is 0 Å². The van der Waals surface area contributed by atoms with Crippen LogP contribution in [0.4, 0.5) is 0 Å². The van der Waals surface area contributed by atoms with E-state index in [1.807, 2.05) is 0 Å². The standard InChI is InChI=1S/C15H26/c1-9-6-14-8-15(14)7-13(11(9)3)5-10(2)12(15)4/h9-14H,5-8H2,1-4H3. The normalized spacial score (nSPS) is 63.2. The summed E-state index contributed by atoms with van der Waals surface area (Å²) in [5.74, 6) is 6.14. The lowest BCUT2D eigenvalue weighted by Crippen LogP contribution is -2.33. The topological polar surface area (TPSA) is 0 Å². The van der Waals surface area contributed by atoms with Crippen molar-refractivity contribution in [1.29, 1.82) is 0 Å². The van der Waals surface area contributed by atoms with E-state index >= 15 is 0 Å². The van der Waals surface area contributed by atoms with Gasteiger partial charge >= 0.3 is 0 Å². The molecule has 7 unspecified atom stereocenters. The van der Waals surface area contributed by atoms with Crippen LogP contribution < -0.4 is 0 Å². The summed E-state index contributed by atoms with van der Waals surface area (Å²) in [4.78, 5) is 0. The molecule has 3 fully saturated rings. The van der Waals surface area contributed by atoms with Crippen molar-refractivity contribution >= 4 is 0 Å². The molecule has 3 rings (SSSR count). The highest BCUT2D eigenvalue weighted by Gasteiger charge is 2.62. The minimum Gasteiger partial charge on any atom is -0.0622 e. The SMILES string of the molecule is CC1CC2CC23CC(CC(C)C3C)C1C. The molecule has 0 saturated heterocycles. The third-order valence-corrected chi connectivity index (χ3v) is 6.65. The largest absolute Gasteiger partial charge is 0.0622 e. The summed E-state index contributed by atoms with van der Waals surface area (Å²) in [6, 6.07) is 0. The molecule has 1 spiro atoms. The fourth-order valence-electron chi connectivity index (χ4n) is 5.06. The van der Waals surface area contributed by atoms with Gasteiger partial charge in [-0.15, -0.1) is 0 Å². The van der Waals surface area contributed by atoms with Crippen LogP contribution in [-0.4, -0.2) is 0 Å². The third kappa shape index (κ3) is 1.26. The van der Waals surface area contributed by atoms with Gasteiger partial charge in [0, 0.05) is 0 Å². The van der Waals surface area contributed by atoms with E-state index in [0.717, 1.165) is 40.9 Å². The molecule has 0 amide bonds. The first-order valence-electron chi connectivity index (χ1n) is 7.04. The lowest BCUT2D eigenvalue weighted by Gasteiger charge is -2.41. The van der Waals surface area contributed by atoms with E-state index in [-0.39, 0.29) is 0 Å². The van der Waals surface area contributed by atoms with Crippen LogP contribution >= 0.6 is 0 Å². The van der Waals surface area contributed by atoms with Crippen molar-refractivity contribution < 1.29 is 0 Å². The van der Waals surface area contributed by atoms with Crippen molar-refractivity contribution in [2.75, 3.05) is 0 Å². The van der Waals surface area contributed by atoms with Gasteiger partial charge in [-0.2, -0.15) is 0 Å². The summed E-state index contributed by atoms with van der Waals surface area (Å²) in [7, 11) is 0. The van der Waals surface area contributed by atoms with Crippen LogP contribution in [-0.2, 0) is 0 Å². The van der Waals surface area contributed by atoms with Crippen molar-refractivity contribution in [3.63, 3.8) is 0 Å². The molecule has 3 aliphatic carbocycles. The Bertz CT molecular complexity index is 269. The van der Waals surface area contributed by atoms with Crippen LogP contribution in [0.3, 0.4) is 0 Å². The van der Waals surface area contributed by atoms with Crippen LogP contribution in [0, 0.1) is 40.9 Å². The van der Waals surface area contributed by atoms with E-state index < -0.39 is 0 Å². The number of rotatable bonds is 0. The highest BCUT2D eigenvalue weighted by Crippen LogP contribution is 2.71. The van der Waals surface area contributed by atoms with Gasteiger partial charge in [0.15, 0.2) is 0 Å². The van der Waals surface area contributed by atoms with E-state index in [0.29, 0.717) is 0 Å². The first kappa shape index (κ1) is 10.2. The summed E-state index contributed by atoms with van der Waals surface area (Å²) in [6.07, 6.45) is 6.20. The molecular formula is C15H26. The van der Waals surface area contributed by atoms with Crippen LogP contribution in [0.1, 0.15) is 53.4 Å². The second kappa shape index (κ2) is 3.02.